The van der Waals surface area contributed by atoms with Crippen LogP contribution in [0.2, 0.25) is 0 Å². The molecule has 2 atom stereocenters. The van der Waals surface area contributed by atoms with Crippen molar-refractivity contribution in [3.05, 3.63) is 12.2 Å². The standard InChI is InChI=1S/C9H16O3/c1-2-3-4-5-9-11-7-8(6-10)12-9/h4-5,8-10H,2-3,6-7H2,1H3/b5-4-. The summed E-state index contributed by atoms with van der Waals surface area (Å²) in [7, 11) is 0. The Morgan fingerprint density at radius 1 is 1.58 bits per heavy atom. The minimum Gasteiger partial charge on any atom is -0.394 e. The summed E-state index contributed by atoms with van der Waals surface area (Å²) in [6.45, 7) is 2.66. The highest BCUT2D eigenvalue weighted by Gasteiger charge is 2.22. The van der Waals surface area contributed by atoms with Crippen molar-refractivity contribution in [1.82, 2.24) is 0 Å². The second-order valence-electron chi connectivity index (χ2n) is 2.86. The van der Waals surface area contributed by atoms with Crippen molar-refractivity contribution in [1.29, 1.82) is 0 Å². The van der Waals surface area contributed by atoms with Crippen LogP contribution in [0, 0.1) is 0 Å². The Bertz CT molecular complexity index is 145. The van der Waals surface area contributed by atoms with E-state index >= 15 is 0 Å². The second-order valence-corrected chi connectivity index (χ2v) is 2.86. The molecule has 0 radical (unpaired) electrons. The van der Waals surface area contributed by atoms with Gasteiger partial charge in [-0.05, 0) is 12.5 Å². The number of hydrogen-bond acceptors (Lipinski definition) is 3. The molecule has 0 aliphatic carbocycles. The van der Waals surface area contributed by atoms with E-state index in [1.165, 1.54) is 0 Å². The topological polar surface area (TPSA) is 38.7 Å². The molecule has 1 saturated heterocycles. The average Bonchev–Trinajstić information content (AvgIpc) is 2.53. The van der Waals surface area contributed by atoms with E-state index in [4.69, 9.17) is 14.6 Å². The number of unbranched alkanes of at least 4 members (excludes halogenated alkanes) is 1. The lowest BCUT2D eigenvalue weighted by Crippen LogP contribution is -2.15. The first-order chi connectivity index (χ1) is 5.86. The predicted octanol–water partition coefficient (Wildman–Crippen LogP) is 1.08. The van der Waals surface area contributed by atoms with Gasteiger partial charge >= 0.3 is 0 Å². The lowest BCUT2D eigenvalue weighted by Gasteiger charge is -2.04. The molecule has 0 spiro atoms. The Kier molecular flexibility index (Phi) is 4.29. The van der Waals surface area contributed by atoms with E-state index in [-0.39, 0.29) is 19.0 Å². The highest BCUT2D eigenvalue weighted by atomic mass is 16.7. The number of aliphatic hydroxyl groups excluding tert-OH is 1. The number of aliphatic hydroxyl groups is 1. The molecule has 70 valence electrons. The molecular formula is C9H16O3. The number of ether oxygens (including phenoxy) is 2. The molecular weight excluding hydrogens is 156 g/mol. The Balaban J connectivity index is 2.18. The first-order valence-corrected chi connectivity index (χ1v) is 4.41. The third-order valence-corrected chi connectivity index (χ3v) is 1.73. The maximum Gasteiger partial charge on any atom is 0.177 e. The van der Waals surface area contributed by atoms with E-state index in [9.17, 15) is 0 Å². The summed E-state index contributed by atoms with van der Waals surface area (Å²) in [5.41, 5.74) is 0. The van der Waals surface area contributed by atoms with Gasteiger partial charge in [-0.2, -0.15) is 0 Å². The Labute approximate surface area is 73.0 Å². The first kappa shape index (κ1) is 9.71. The predicted molar refractivity (Wildman–Crippen MR) is 45.7 cm³/mol. The molecule has 3 nitrogen and oxygen atoms in total. The minimum absolute atomic E-state index is 0.0398. The normalized spacial score (nSPS) is 30.2. The van der Waals surface area contributed by atoms with Crippen LogP contribution in [0.5, 0.6) is 0 Å². The van der Waals surface area contributed by atoms with Crippen LogP contribution in [-0.2, 0) is 9.47 Å². The van der Waals surface area contributed by atoms with E-state index in [0.717, 1.165) is 12.8 Å². The molecule has 1 aliphatic rings. The first-order valence-electron chi connectivity index (χ1n) is 4.41. The Morgan fingerprint density at radius 2 is 2.42 bits per heavy atom. The van der Waals surface area contributed by atoms with Gasteiger partial charge in [0.05, 0.1) is 13.2 Å². The fourth-order valence-corrected chi connectivity index (χ4v) is 1.04. The lowest BCUT2D eigenvalue weighted by atomic mass is 10.3. The van der Waals surface area contributed by atoms with E-state index in [1.807, 2.05) is 12.2 Å². The molecule has 0 aromatic heterocycles. The molecule has 1 rings (SSSR count). The summed E-state index contributed by atoms with van der Waals surface area (Å²) in [5, 5.41) is 8.73. The summed E-state index contributed by atoms with van der Waals surface area (Å²) in [6, 6.07) is 0. The van der Waals surface area contributed by atoms with Gasteiger partial charge in [-0.15, -0.1) is 0 Å². The van der Waals surface area contributed by atoms with Crippen molar-refractivity contribution in [2.45, 2.75) is 32.2 Å². The number of rotatable bonds is 4. The van der Waals surface area contributed by atoms with Crippen molar-refractivity contribution in [3.8, 4) is 0 Å². The molecule has 12 heavy (non-hydrogen) atoms. The van der Waals surface area contributed by atoms with Crippen molar-refractivity contribution in [3.63, 3.8) is 0 Å². The SMILES string of the molecule is CCC/C=C\C1OCC(CO)O1. The minimum atomic E-state index is -0.242. The molecule has 1 N–H and O–H groups in total. The fraction of sp³-hybridized carbons (Fsp3) is 0.778. The highest BCUT2D eigenvalue weighted by Crippen LogP contribution is 2.12. The molecule has 0 saturated carbocycles. The van der Waals surface area contributed by atoms with Crippen LogP contribution in [0.4, 0.5) is 0 Å². The molecule has 2 unspecified atom stereocenters. The van der Waals surface area contributed by atoms with E-state index in [0.29, 0.717) is 6.61 Å². The second kappa shape index (κ2) is 5.30. The van der Waals surface area contributed by atoms with Crippen molar-refractivity contribution in [2.75, 3.05) is 13.2 Å². The third-order valence-electron chi connectivity index (χ3n) is 1.73. The number of hydrogen-bond donors (Lipinski definition) is 1. The molecule has 1 fully saturated rings. The van der Waals surface area contributed by atoms with E-state index < -0.39 is 0 Å². The Morgan fingerprint density at radius 3 is 3.00 bits per heavy atom. The third kappa shape index (κ3) is 2.93. The monoisotopic (exact) mass is 172 g/mol. The van der Waals surface area contributed by atoms with Crippen LogP contribution < -0.4 is 0 Å². The van der Waals surface area contributed by atoms with Gasteiger partial charge in [-0.25, -0.2) is 0 Å². The molecule has 0 amide bonds. The largest absolute Gasteiger partial charge is 0.394 e. The molecule has 1 aliphatic heterocycles. The van der Waals surface area contributed by atoms with Crippen molar-refractivity contribution < 1.29 is 14.6 Å². The van der Waals surface area contributed by atoms with Crippen molar-refractivity contribution >= 4 is 0 Å². The van der Waals surface area contributed by atoms with Crippen LogP contribution in [0.3, 0.4) is 0 Å². The number of allylic oxidation sites excluding steroid dienone is 1. The van der Waals surface area contributed by atoms with Gasteiger partial charge in [0.25, 0.3) is 0 Å². The van der Waals surface area contributed by atoms with Crippen LogP contribution in [0.1, 0.15) is 19.8 Å². The summed E-state index contributed by atoms with van der Waals surface area (Å²) in [4.78, 5) is 0. The summed E-state index contributed by atoms with van der Waals surface area (Å²) in [5.74, 6) is 0. The van der Waals surface area contributed by atoms with Crippen LogP contribution in [-0.4, -0.2) is 30.7 Å². The van der Waals surface area contributed by atoms with Crippen molar-refractivity contribution in [2.24, 2.45) is 0 Å². The van der Waals surface area contributed by atoms with Gasteiger partial charge in [0.2, 0.25) is 0 Å². The van der Waals surface area contributed by atoms with Gasteiger partial charge in [-0.3, -0.25) is 0 Å². The summed E-state index contributed by atoms with van der Waals surface area (Å²) in [6.07, 6.45) is 5.75. The van der Waals surface area contributed by atoms with Crippen LogP contribution in [0.25, 0.3) is 0 Å². The molecule has 1 heterocycles. The summed E-state index contributed by atoms with van der Waals surface area (Å²) < 4.78 is 10.5. The van der Waals surface area contributed by atoms with Crippen LogP contribution >= 0.6 is 0 Å². The molecule has 0 bridgehead atoms. The zero-order chi connectivity index (χ0) is 8.81. The zero-order valence-electron chi connectivity index (χ0n) is 7.40. The fourth-order valence-electron chi connectivity index (χ4n) is 1.04. The maximum atomic E-state index is 8.73. The average molecular weight is 172 g/mol. The lowest BCUT2D eigenvalue weighted by molar-refractivity contribution is -0.0300. The Hall–Kier alpha value is -0.380. The van der Waals surface area contributed by atoms with Gasteiger partial charge in [0.1, 0.15) is 6.10 Å². The van der Waals surface area contributed by atoms with Gasteiger partial charge in [0.15, 0.2) is 6.29 Å². The smallest absolute Gasteiger partial charge is 0.177 e. The molecule has 0 aromatic carbocycles. The van der Waals surface area contributed by atoms with Gasteiger partial charge in [-0.1, -0.05) is 19.4 Å². The van der Waals surface area contributed by atoms with E-state index in [2.05, 4.69) is 6.92 Å². The molecule has 0 aromatic rings. The molecule has 3 heteroatoms. The highest BCUT2D eigenvalue weighted by molar-refractivity contribution is 4.87. The van der Waals surface area contributed by atoms with E-state index in [1.54, 1.807) is 0 Å². The summed E-state index contributed by atoms with van der Waals surface area (Å²) >= 11 is 0. The maximum absolute atomic E-state index is 8.73. The van der Waals surface area contributed by atoms with Gasteiger partial charge < -0.3 is 14.6 Å². The van der Waals surface area contributed by atoms with Gasteiger partial charge in [0, 0.05) is 0 Å². The van der Waals surface area contributed by atoms with Crippen LogP contribution in [0.15, 0.2) is 12.2 Å². The quantitative estimate of drug-likeness (QED) is 0.645. The zero-order valence-corrected chi connectivity index (χ0v) is 7.40.